The van der Waals surface area contributed by atoms with Gasteiger partial charge in [-0.1, -0.05) is 0 Å². The maximum Gasteiger partial charge on any atom is 0.320 e. The molecule has 0 N–H and O–H groups in total. The molecule has 6 heteroatoms. The third kappa shape index (κ3) is 2.64. The molecule has 0 radical (unpaired) electrons. The molecule has 0 saturated carbocycles. The molecule has 1 aromatic heterocycles. The fraction of sp³-hybridized carbons (Fsp3) is 0.250. The summed E-state index contributed by atoms with van der Waals surface area (Å²) in [7, 11) is 0. The molecule has 0 atom stereocenters. The molecule has 0 spiro atoms. The highest BCUT2D eigenvalue weighted by Gasteiger charge is 2.11. The number of benzene rings is 1. The second-order valence-electron chi connectivity index (χ2n) is 3.73. The van der Waals surface area contributed by atoms with Gasteiger partial charge >= 0.3 is 6.55 Å². The molecule has 0 aliphatic heterocycles. The predicted molar refractivity (Wildman–Crippen MR) is 58.9 cm³/mol. The van der Waals surface area contributed by atoms with E-state index in [1.165, 1.54) is 30.6 Å². The Morgan fingerprint density at radius 3 is 2.83 bits per heavy atom. The van der Waals surface area contributed by atoms with Gasteiger partial charge in [-0.25, -0.2) is 9.37 Å². The van der Waals surface area contributed by atoms with E-state index in [0.29, 0.717) is 11.3 Å². The Kier molecular flexibility index (Phi) is 3.55. The second kappa shape index (κ2) is 5.12. The van der Waals surface area contributed by atoms with Crippen LogP contribution in [0.2, 0.25) is 0 Å². The lowest BCUT2D eigenvalue weighted by molar-refractivity contribution is 0.0632. The Bertz CT molecular complexity index is 540. The van der Waals surface area contributed by atoms with E-state index in [1.807, 2.05) is 0 Å². The summed E-state index contributed by atoms with van der Waals surface area (Å²) in [5, 5.41) is 0. The van der Waals surface area contributed by atoms with Crippen molar-refractivity contribution in [3.8, 4) is 5.75 Å². The molecule has 1 aromatic carbocycles. The fourth-order valence-electron chi connectivity index (χ4n) is 1.49. The summed E-state index contributed by atoms with van der Waals surface area (Å²) in [6, 6.07) is 4.22. The van der Waals surface area contributed by atoms with Crippen LogP contribution in [0, 0.1) is 12.7 Å². The molecular formula is C12H11F3N2O. The van der Waals surface area contributed by atoms with E-state index in [4.69, 9.17) is 4.74 Å². The third-order valence-electron chi connectivity index (χ3n) is 2.46. The number of ether oxygens (including phenoxy) is 1. The van der Waals surface area contributed by atoms with Crippen LogP contribution in [0.4, 0.5) is 13.2 Å². The number of aromatic nitrogens is 2. The van der Waals surface area contributed by atoms with E-state index in [2.05, 4.69) is 4.98 Å². The smallest absolute Gasteiger partial charge is 0.320 e. The van der Waals surface area contributed by atoms with Gasteiger partial charge in [0.15, 0.2) is 5.82 Å². The average molecular weight is 256 g/mol. The summed E-state index contributed by atoms with van der Waals surface area (Å²) in [6.45, 7) is -1.15. The van der Waals surface area contributed by atoms with Crippen molar-refractivity contribution in [1.29, 1.82) is 0 Å². The lowest BCUT2D eigenvalue weighted by Gasteiger charge is -2.09. The van der Waals surface area contributed by atoms with E-state index < -0.39 is 6.55 Å². The highest BCUT2D eigenvalue weighted by molar-refractivity contribution is 5.28. The number of alkyl halides is 2. The summed E-state index contributed by atoms with van der Waals surface area (Å²) in [6.07, 6.45) is 2.46. The minimum Gasteiger partial charge on any atom is -0.486 e. The van der Waals surface area contributed by atoms with Gasteiger partial charge in [-0.05, 0) is 30.7 Å². The quantitative estimate of drug-likeness (QED) is 0.839. The van der Waals surface area contributed by atoms with Crippen LogP contribution >= 0.6 is 0 Å². The molecule has 0 amide bonds. The largest absolute Gasteiger partial charge is 0.486 e. The zero-order valence-corrected chi connectivity index (χ0v) is 9.61. The monoisotopic (exact) mass is 256 g/mol. The van der Waals surface area contributed by atoms with Gasteiger partial charge in [0, 0.05) is 12.4 Å². The van der Waals surface area contributed by atoms with Crippen LogP contribution in [-0.2, 0) is 6.61 Å². The summed E-state index contributed by atoms with van der Waals surface area (Å²) >= 11 is 0. The molecule has 0 saturated heterocycles. The number of hydrogen-bond donors (Lipinski definition) is 0. The van der Waals surface area contributed by atoms with Crippen molar-refractivity contribution in [2.75, 3.05) is 0 Å². The summed E-state index contributed by atoms with van der Waals surface area (Å²) < 4.78 is 44.1. The molecule has 3 nitrogen and oxygen atoms in total. The second-order valence-corrected chi connectivity index (χ2v) is 3.73. The Morgan fingerprint density at radius 1 is 1.39 bits per heavy atom. The number of rotatable bonds is 4. The minimum absolute atomic E-state index is 0.0948. The lowest BCUT2D eigenvalue weighted by Crippen LogP contribution is -2.07. The summed E-state index contributed by atoms with van der Waals surface area (Å²) in [5.41, 5.74) is 0.435. The average Bonchev–Trinajstić information content (AvgIpc) is 2.79. The van der Waals surface area contributed by atoms with Crippen molar-refractivity contribution in [2.45, 2.75) is 20.1 Å². The molecule has 0 aliphatic rings. The van der Waals surface area contributed by atoms with Gasteiger partial charge in [0.25, 0.3) is 0 Å². The van der Waals surface area contributed by atoms with Crippen molar-refractivity contribution >= 4 is 0 Å². The van der Waals surface area contributed by atoms with E-state index in [-0.39, 0.29) is 18.2 Å². The molecule has 0 bridgehead atoms. The van der Waals surface area contributed by atoms with E-state index in [9.17, 15) is 13.2 Å². The minimum atomic E-state index is -2.65. The van der Waals surface area contributed by atoms with Gasteiger partial charge < -0.3 is 4.74 Å². The predicted octanol–water partition coefficient (Wildman–Crippen LogP) is 3.30. The number of aryl methyl sites for hydroxylation is 1. The number of halogens is 3. The SMILES string of the molecule is Cc1cc(OCc2nccn2C(F)F)ccc1F. The number of nitrogens with zero attached hydrogens (tertiary/aromatic N) is 2. The van der Waals surface area contributed by atoms with Crippen LogP contribution in [0.3, 0.4) is 0 Å². The van der Waals surface area contributed by atoms with Gasteiger partial charge in [-0.3, -0.25) is 4.57 Å². The number of imidazole rings is 1. The Hall–Kier alpha value is -1.98. The topological polar surface area (TPSA) is 27.1 Å². The van der Waals surface area contributed by atoms with Gasteiger partial charge in [-0.2, -0.15) is 8.78 Å². The normalized spacial score (nSPS) is 10.9. The lowest BCUT2D eigenvalue weighted by atomic mass is 10.2. The van der Waals surface area contributed by atoms with E-state index >= 15 is 0 Å². The standard InChI is InChI=1S/C12H11F3N2O/c1-8-6-9(2-3-10(8)13)18-7-11-16-4-5-17(11)12(14)15/h2-6,12H,7H2,1H3. The highest BCUT2D eigenvalue weighted by Crippen LogP contribution is 2.18. The maximum atomic E-state index is 13.0. The first-order chi connectivity index (χ1) is 8.58. The highest BCUT2D eigenvalue weighted by atomic mass is 19.3. The molecule has 0 fully saturated rings. The van der Waals surface area contributed by atoms with Crippen LogP contribution in [0.25, 0.3) is 0 Å². The van der Waals surface area contributed by atoms with Crippen molar-refractivity contribution in [3.63, 3.8) is 0 Å². The van der Waals surface area contributed by atoms with Crippen molar-refractivity contribution in [2.24, 2.45) is 0 Å². The maximum absolute atomic E-state index is 13.0. The summed E-state index contributed by atoms with van der Waals surface area (Å²) in [5.74, 6) is 0.195. The van der Waals surface area contributed by atoms with Crippen molar-refractivity contribution in [1.82, 2.24) is 9.55 Å². The van der Waals surface area contributed by atoms with Crippen molar-refractivity contribution in [3.05, 3.63) is 47.8 Å². The number of hydrogen-bond acceptors (Lipinski definition) is 2. The zero-order chi connectivity index (χ0) is 13.1. The fourth-order valence-corrected chi connectivity index (χ4v) is 1.49. The molecule has 2 aromatic rings. The van der Waals surface area contributed by atoms with Crippen LogP contribution in [-0.4, -0.2) is 9.55 Å². The molecule has 2 rings (SSSR count). The van der Waals surface area contributed by atoms with E-state index in [1.54, 1.807) is 6.92 Å². The Morgan fingerprint density at radius 2 is 2.17 bits per heavy atom. The first kappa shape index (κ1) is 12.5. The molecule has 1 heterocycles. The van der Waals surface area contributed by atoms with Crippen molar-refractivity contribution < 1.29 is 17.9 Å². The Labute approximate surface area is 102 Å². The van der Waals surface area contributed by atoms with Crippen LogP contribution in [0.15, 0.2) is 30.6 Å². The van der Waals surface area contributed by atoms with Gasteiger partial charge in [0.05, 0.1) is 0 Å². The van der Waals surface area contributed by atoms with Gasteiger partial charge in [0.2, 0.25) is 0 Å². The molecular weight excluding hydrogens is 245 g/mol. The van der Waals surface area contributed by atoms with Crippen LogP contribution < -0.4 is 4.74 Å². The van der Waals surface area contributed by atoms with Crippen LogP contribution in [0.1, 0.15) is 17.9 Å². The first-order valence-corrected chi connectivity index (χ1v) is 5.26. The zero-order valence-electron chi connectivity index (χ0n) is 9.61. The summed E-state index contributed by atoms with van der Waals surface area (Å²) in [4.78, 5) is 3.78. The molecule has 96 valence electrons. The first-order valence-electron chi connectivity index (χ1n) is 5.26. The molecule has 18 heavy (non-hydrogen) atoms. The Balaban J connectivity index is 2.07. The third-order valence-corrected chi connectivity index (χ3v) is 2.46. The van der Waals surface area contributed by atoms with E-state index in [0.717, 1.165) is 4.57 Å². The van der Waals surface area contributed by atoms with Gasteiger partial charge in [0.1, 0.15) is 18.2 Å². The molecule has 0 unspecified atom stereocenters. The molecule has 0 aliphatic carbocycles. The van der Waals surface area contributed by atoms with Crippen LogP contribution in [0.5, 0.6) is 5.75 Å². The van der Waals surface area contributed by atoms with Gasteiger partial charge in [-0.15, -0.1) is 0 Å².